The Labute approximate surface area is 166 Å². The number of ether oxygens (including phenoxy) is 4. The highest BCUT2D eigenvalue weighted by molar-refractivity contribution is 6.19. The van der Waals surface area contributed by atoms with E-state index in [1.165, 1.54) is 40.4 Å². The molecule has 9 nitrogen and oxygen atoms in total. The number of anilines is 2. The number of esters is 1. The second-order valence-electron chi connectivity index (χ2n) is 6.28. The van der Waals surface area contributed by atoms with Gasteiger partial charge >= 0.3 is 5.97 Å². The van der Waals surface area contributed by atoms with Crippen LogP contribution in [0.4, 0.5) is 11.4 Å². The van der Waals surface area contributed by atoms with Crippen molar-refractivity contribution in [2.24, 2.45) is 0 Å². The summed E-state index contributed by atoms with van der Waals surface area (Å²) in [7, 11) is 4.04. The predicted molar refractivity (Wildman–Crippen MR) is 104 cm³/mol. The smallest absolute Gasteiger partial charge is 0.340 e. The van der Waals surface area contributed by atoms with Crippen molar-refractivity contribution in [1.82, 2.24) is 0 Å². The minimum Gasteiger partial charge on any atom is -0.493 e. The first-order valence-electron chi connectivity index (χ1n) is 8.59. The number of methoxy groups -OCH3 is 3. The summed E-state index contributed by atoms with van der Waals surface area (Å²) in [5.74, 6) is -1.22. The third-order valence-corrected chi connectivity index (χ3v) is 4.49. The Hall–Kier alpha value is -3.75. The lowest BCUT2D eigenvalue weighted by Crippen LogP contribution is -2.56. The fourth-order valence-electron chi connectivity index (χ4n) is 2.82. The molecule has 1 aliphatic heterocycles. The summed E-state index contributed by atoms with van der Waals surface area (Å²) >= 11 is 0. The zero-order chi connectivity index (χ0) is 21.2. The predicted octanol–water partition coefficient (Wildman–Crippen LogP) is 2.22. The van der Waals surface area contributed by atoms with Crippen molar-refractivity contribution < 1.29 is 33.3 Å². The fraction of sp³-hybridized carbons (Fsp3) is 0.250. The second-order valence-corrected chi connectivity index (χ2v) is 6.28. The summed E-state index contributed by atoms with van der Waals surface area (Å²) in [6, 6.07) is 9.53. The van der Waals surface area contributed by atoms with E-state index in [1.54, 1.807) is 24.3 Å². The molecule has 1 aliphatic rings. The van der Waals surface area contributed by atoms with Gasteiger partial charge in [0.05, 0.1) is 38.3 Å². The van der Waals surface area contributed by atoms with Crippen LogP contribution >= 0.6 is 0 Å². The summed E-state index contributed by atoms with van der Waals surface area (Å²) < 4.78 is 20.9. The zero-order valence-corrected chi connectivity index (χ0v) is 16.3. The molecule has 152 valence electrons. The van der Waals surface area contributed by atoms with E-state index in [4.69, 9.17) is 18.9 Å². The number of amides is 2. The first kappa shape index (κ1) is 20.0. The van der Waals surface area contributed by atoms with Gasteiger partial charge < -0.3 is 29.6 Å². The number of rotatable bonds is 5. The summed E-state index contributed by atoms with van der Waals surface area (Å²) in [6.45, 7) is 1.34. The average Bonchev–Trinajstić information content (AvgIpc) is 2.73. The van der Waals surface area contributed by atoms with E-state index in [0.29, 0.717) is 11.4 Å². The van der Waals surface area contributed by atoms with Gasteiger partial charge in [0.15, 0.2) is 11.5 Å². The Morgan fingerprint density at radius 3 is 2.38 bits per heavy atom. The molecule has 2 aromatic rings. The molecule has 2 N–H and O–H groups in total. The molecule has 0 spiro atoms. The molecule has 0 bridgehead atoms. The normalized spacial score (nSPS) is 17.3. The van der Waals surface area contributed by atoms with Crippen LogP contribution in [0.15, 0.2) is 36.4 Å². The van der Waals surface area contributed by atoms with Gasteiger partial charge in [-0.05, 0) is 19.1 Å². The highest BCUT2D eigenvalue weighted by Crippen LogP contribution is 2.36. The maximum Gasteiger partial charge on any atom is 0.340 e. The van der Waals surface area contributed by atoms with Crippen LogP contribution in [-0.4, -0.2) is 44.7 Å². The minimum atomic E-state index is -1.87. The summed E-state index contributed by atoms with van der Waals surface area (Å²) in [6.07, 6.45) is 0. The first-order chi connectivity index (χ1) is 13.8. The first-order valence-corrected chi connectivity index (χ1v) is 8.59. The van der Waals surface area contributed by atoms with Crippen molar-refractivity contribution in [3.8, 4) is 17.2 Å². The number of hydrogen-bond donors (Lipinski definition) is 2. The van der Waals surface area contributed by atoms with Gasteiger partial charge in [-0.3, -0.25) is 9.59 Å². The molecular formula is C20H20N2O7. The minimum absolute atomic E-state index is 0.0266. The van der Waals surface area contributed by atoms with Crippen LogP contribution in [0.3, 0.4) is 0 Å². The van der Waals surface area contributed by atoms with Gasteiger partial charge in [-0.25, -0.2) is 4.79 Å². The molecule has 29 heavy (non-hydrogen) atoms. The van der Waals surface area contributed by atoms with Crippen LogP contribution in [0, 0.1) is 0 Å². The van der Waals surface area contributed by atoms with Crippen LogP contribution in [-0.2, 0) is 14.3 Å². The Balaban J connectivity index is 1.98. The van der Waals surface area contributed by atoms with E-state index in [0.717, 1.165) is 0 Å². The monoisotopic (exact) mass is 400 g/mol. The molecule has 3 rings (SSSR count). The molecule has 1 atom stereocenters. The Kier molecular flexibility index (Phi) is 5.31. The number of carbonyl (C=O) groups is 3. The van der Waals surface area contributed by atoms with Crippen LogP contribution in [0.25, 0.3) is 0 Å². The van der Waals surface area contributed by atoms with Crippen LogP contribution in [0.2, 0.25) is 0 Å². The van der Waals surface area contributed by atoms with E-state index in [2.05, 4.69) is 10.6 Å². The van der Waals surface area contributed by atoms with Gasteiger partial charge in [-0.1, -0.05) is 12.1 Å². The molecule has 0 fully saturated rings. The van der Waals surface area contributed by atoms with Crippen molar-refractivity contribution in [3.05, 3.63) is 42.0 Å². The number of carbonyl (C=O) groups excluding carboxylic acids is 3. The van der Waals surface area contributed by atoms with Crippen molar-refractivity contribution >= 4 is 29.2 Å². The largest absolute Gasteiger partial charge is 0.493 e. The van der Waals surface area contributed by atoms with Gasteiger partial charge in [-0.15, -0.1) is 0 Å². The third-order valence-electron chi connectivity index (χ3n) is 4.49. The van der Waals surface area contributed by atoms with Crippen LogP contribution < -0.4 is 24.8 Å². The third kappa shape index (κ3) is 3.54. The maximum atomic E-state index is 13.0. The molecular weight excluding hydrogens is 380 g/mol. The standard InChI is InChI=1S/C20H20N2O7/c1-20(18(24)21-12-7-5-6-8-14(12)29-20)19(25)22-13-10-16(27-3)15(26-2)9-11(13)17(23)28-4/h5-10H,1-4H3,(H,21,24)(H,22,25). The van der Waals surface area contributed by atoms with E-state index < -0.39 is 23.4 Å². The average molecular weight is 400 g/mol. The molecule has 0 aliphatic carbocycles. The van der Waals surface area contributed by atoms with Gasteiger partial charge in [0.25, 0.3) is 17.4 Å². The second kappa shape index (κ2) is 7.70. The van der Waals surface area contributed by atoms with E-state index >= 15 is 0 Å². The molecule has 0 aromatic heterocycles. The topological polar surface area (TPSA) is 112 Å². The Morgan fingerprint density at radius 1 is 1.07 bits per heavy atom. The van der Waals surface area contributed by atoms with Crippen LogP contribution in [0.5, 0.6) is 17.2 Å². The number of benzene rings is 2. The summed E-state index contributed by atoms with van der Waals surface area (Å²) in [5, 5.41) is 5.21. The highest BCUT2D eigenvalue weighted by atomic mass is 16.5. The summed E-state index contributed by atoms with van der Waals surface area (Å²) in [5.41, 5.74) is -1.30. The lowest BCUT2D eigenvalue weighted by atomic mass is 10.0. The van der Waals surface area contributed by atoms with Crippen molar-refractivity contribution in [2.45, 2.75) is 12.5 Å². The van der Waals surface area contributed by atoms with Crippen molar-refractivity contribution in [3.63, 3.8) is 0 Å². The molecule has 1 heterocycles. The molecule has 0 saturated carbocycles. The fourth-order valence-corrected chi connectivity index (χ4v) is 2.82. The number of para-hydroxylation sites is 2. The van der Waals surface area contributed by atoms with Crippen LogP contribution in [0.1, 0.15) is 17.3 Å². The Bertz CT molecular complexity index is 989. The zero-order valence-electron chi connectivity index (χ0n) is 16.3. The quantitative estimate of drug-likeness (QED) is 0.585. The summed E-state index contributed by atoms with van der Waals surface area (Å²) in [4.78, 5) is 37.8. The van der Waals surface area contributed by atoms with E-state index in [-0.39, 0.29) is 22.7 Å². The molecule has 0 radical (unpaired) electrons. The van der Waals surface area contributed by atoms with Crippen molar-refractivity contribution in [2.75, 3.05) is 32.0 Å². The molecule has 1 unspecified atom stereocenters. The Morgan fingerprint density at radius 2 is 1.72 bits per heavy atom. The van der Waals surface area contributed by atoms with E-state index in [9.17, 15) is 14.4 Å². The molecule has 2 amide bonds. The number of hydrogen-bond acceptors (Lipinski definition) is 7. The van der Waals surface area contributed by atoms with E-state index in [1.807, 2.05) is 0 Å². The van der Waals surface area contributed by atoms with Gasteiger partial charge in [0.1, 0.15) is 5.75 Å². The van der Waals surface area contributed by atoms with Crippen molar-refractivity contribution in [1.29, 1.82) is 0 Å². The molecule has 2 aromatic carbocycles. The lowest BCUT2D eigenvalue weighted by molar-refractivity contribution is -0.143. The van der Waals surface area contributed by atoms with Gasteiger partial charge in [0.2, 0.25) is 0 Å². The lowest BCUT2D eigenvalue weighted by Gasteiger charge is -2.33. The highest BCUT2D eigenvalue weighted by Gasteiger charge is 2.47. The van der Waals surface area contributed by atoms with Gasteiger partial charge in [0, 0.05) is 12.1 Å². The number of fused-ring (bicyclic) bond motifs is 1. The molecule has 9 heteroatoms. The number of nitrogens with one attached hydrogen (secondary N) is 2. The molecule has 0 saturated heterocycles. The SMILES string of the molecule is COC(=O)c1cc(OC)c(OC)cc1NC(=O)C1(C)Oc2ccccc2NC1=O. The van der Waals surface area contributed by atoms with Gasteiger partial charge in [-0.2, -0.15) is 0 Å². The maximum absolute atomic E-state index is 13.0.